The van der Waals surface area contributed by atoms with Crippen molar-refractivity contribution >= 4 is 11.9 Å². The van der Waals surface area contributed by atoms with Crippen LogP contribution in [0.15, 0.2) is 65.9 Å². The Morgan fingerprint density at radius 1 is 1.18 bits per heavy atom. The topological polar surface area (TPSA) is 119 Å². The highest BCUT2D eigenvalue weighted by atomic mass is 16.6. The number of fused-ring (bicyclic) bond motifs is 1. The number of ether oxygens (including phenoxy) is 2. The van der Waals surface area contributed by atoms with Crippen LogP contribution in [0.25, 0.3) is 0 Å². The smallest absolute Gasteiger partial charge is 0.318 e. The van der Waals surface area contributed by atoms with Gasteiger partial charge in [-0.1, -0.05) is 25.1 Å². The molecule has 0 saturated carbocycles. The Kier molecular flexibility index (Phi) is 7.51. The van der Waals surface area contributed by atoms with Crippen LogP contribution in [0.2, 0.25) is 0 Å². The number of allylic oxidation sites excluding steroid dienone is 2. The van der Waals surface area contributed by atoms with E-state index in [9.17, 15) is 9.59 Å². The molecule has 0 aromatic carbocycles. The Morgan fingerprint density at radius 3 is 2.74 bits per heavy atom. The highest BCUT2D eigenvalue weighted by Crippen LogP contribution is 2.24. The number of rotatable bonds is 7. The van der Waals surface area contributed by atoms with Crippen molar-refractivity contribution in [3.8, 4) is 0 Å². The summed E-state index contributed by atoms with van der Waals surface area (Å²) in [4.78, 5) is 31.6. The number of nitrogens with one attached hydrogen (secondary N) is 2. The number of urea groups is 1. The fraction of sp³-hybridized carbons (Fsp3) is 0.400. The molecule has 3 aliphatic rings. The molecule has 0 spiro atoms. The number of nitrogens with two attached hydrogens (primary N) is 1. The molecule has 3 amide bonds. The highest BCUT2D eigenvalue weighted by Gasteiger charge is 2.24. The largest absolute Gasteiger partial charge is 0.486 e. The summed E-state index contributed by atoms with van der Waals surface area (Å²) in [6.07, 6.45) is 13.2. The first-order valence-corrected chi connectivity index (χ1v) is 11.6. The van der Waals surface area contributed by atoms with Crippen LogP contribution >= 0.6 is 0 Å². The van der Waals surface area contributed by atoms with E-state index in [4.69, 9.17) is 15.2 Å². The van der Waals surface area contributed by atoms with Gasteiger partial charge in [-0.05, 0) is 49.1 Å². The van der Waals surface area contributed by atoms with Crippen LogP contribution in [0.1, 0.15) is 42.2 Å². The molecule has 0 bridgehead atoms. The number of hydrogen-bond donors (Lipinski definition) is 3. The first kappa shape index (κ1) is 23.4. The number of nitrogens with zero attached hydrogens (tertiary/aromatic N) is 2. The minimum Gasteiger partial charge on any atom is -0.486 e. The zero-order valence-electron chi connectivity index (χ0n) is 19.3. The van der Waals surface area contributed by atoms with Crippen molar-refractivity contribution in [2.45, 2.75) is 44.8 Å². The van der Waals surface area contributed by atoms with Gasteiger partial charge in [0.1, 0.15) is 18.9 Å². The van der Waals surface area contributed by atoms with Gasteiger partial charge in [0.25, 0.3) is 5.91 Å². The molecule has 2 atom stereocenters. The molecule has 34 heavy (non-hydrogen) atoms. The lowest BCUT2D eigenvalue weighted by Gasteiger charge is -2.29. The molecule has 4 N–H and O–H groups in total. The molecular weight excluding hydrogens is 434 g/mol. The number of aromatic nitrogens is 1. The van der Waals surface area contributed by atoms with Crippen LogP contribution < -0.4 is 16.4 Å². The lowest BCUT2D eigenvalue weighted by atomic mass is 10.1. The van der Waals surface area contributed by atoms with Crippen LogP contribution in [0.5, 0.6) is 0 Å². The molecule has 1 saturated heterocycles. The summed E-state index contributed by atoms with van der Waals surface area (Å²) in [5, 5.41) is 5.96. The van der Waals surface area contributed by atoms with Gasteiger partial charge in [0.15, 0.2) is 11.5 Å². The van der Waals surface area contributed by atoms with Crippen molar-refractivity contribution in [1.82, 2.24) is 20.5 Å². The third-order valence-electron chi connectivity index (χ3n) is 5.78. The maximum Gasteiger partial charge on any atom is 0.318 e. The average Bonchev–Trinajstić information content (AvgIpc) is 2.85. The molecule has 1 fully saturated rings. The number of carbonyl (C=O) groups is 2. The minimum atomic E-state index is -0.280. The average molecular weight is 466 g/mol. The Bertz CT molecular complexity index is 1030. The summed E-state index contributed by atoms with van der Waals surface area (Å²) in [6.45, 7) is 4.06. The van der Waals surface area contributed by atoms with E-state index in [0.29, 0.717) is 56.3 Å². The van der Waals surface area contributed by atoms with Crippen LogP contribution in [-0.2, 0) is 16.0 Å². The fourth-order valence-electron chi connectivity index (χ4n) is 3.99. The number of pyridine rings is 1. The summed E-state index contributed by atoms with van der Waals surface area (Å²) in [6, 6.07) is 2.94. The molecule has 0 radical (unpaired) electrons. The molecule has 2 heterocycles. The molecule has 2 unspecified atom stereocenters. The van der Waals surface area contributed by atoms with Gasteiger partial charge in [0, 0.05) is 25.0 Å². The molecule has 9 nitrogen and oxygen atoms in total. The molecular formula is C25H31N5O4. The van der Waals surface area contributed by atoms with Crippen molar-refractivity contribution in [3.05, 3.63) is 77.2 Å². The second-order valence-corrected chi connectivity index (χ2v) is 8.42. The first-order chi connectivity index (χ1) is 16.5. The van der Waals surface area contributed by atoms with Gasteiger partial charge in [-0.25, -0.2) is 4.79 Å². The second kappa shape index (κ2) is 10.9. The van der Waals surface area contributed by atoms with Crippen LogP contribution in [0.4, 0.5) is 4.79 Å². The number of amides is 3. The molecule has 9 heteroatoms. The minimum absolute atomic E-state index is 0.160. The number of carbonyl (C=O) groups excluding carboxylic acids is 2. The quantitative estimate of drug-likeness (QED) is 0.569. The Morgan fingerprint density at radius 2 is 2.00 bits per heavy atom. The van der Waals surface area contributed by atoms with Crippen molar-refractivity contribution in [3.63, 3.8) is 0 Å². The third kappa shape index (κ3) is 5.78. The molecule has 1 aromatic rings. The third-order valence-corrected chi connectivity index (χ3v) is 5.78. The Hall–Kier alpha value is -3.75. The van der Waals surface area contributed by atoms with E-state index < -0.39 is 0 Å². The lowest BCUT2D eigenvalue weighted by molar-refractivity contribution is 0.0561. The number of hydrogen-bond acceptors (Lipinski definition) is 6. The van der Waals surface area contributed by atoms with E-state index in [0.717, 1.165) is 17.7 Å². The van der Waals surface area contributed by atoms with Crippen molar-refractivity contribution < 1.29 is 19.1 Å². The van der Waals surface area contributed by atoms with E-state index in [-0.39, 0.29) is 24.0 Å². The SMILES string of the molecule is CCCN(Cc1ccc(C(=O)NC2CC=CC=C2N)nc1)C(=O)NC1C=C2OCCOC2=CC1. The maximum atomic E-state index is 13.0. The van der Waals surface area contributed by atoms with Crippen molar-refractivity contribution in [2.75, 3.05) is 19.8 Å². The molecule has 2 aliphatic carbocycles. The normalized spacial score (nSPS) is 21.0. The molecule has 4 rings (SSSR count). The predicted molar refractivity (Wildman–Crippen MR) is 127 cm³/mol. The van der Waals surface area contributed by atoms with Crippen LogP contribution in [0.3, 0.4) is 0 Å². The van der Waals surface area contributed by atoms with E-state index in [1.807, 2.05) is 37.3 Å². The molecule has 180 valence electrons. The van der Waals surface area contributed by atoms with Crippen molar-refractivity contribution in [1.29, 1.82) is 0 Å². The maximum absolute atomic E-state index is 13.0. The summed E-state index contributed by atoms with van der Waals surface area (Å²) in [7, 11) is 0. The van der Waals surface area contributed by atoms with Crippen LogP contribution in [-0.4, -0.2) is 53.7 Å². The predicted octanol–water partition coefficient (Wildman–Crippen LogP) is 2.49. The Labute approximate surface area is 199 Å². The zero-order chi connectivity index (χ0) is 23.9. The van der Waals surface area contributed by atoms with Crippen LogP contribution in [0, 0.1) is 0 Å². The van der Waals surface area contributed by atoms with Gasteiger partial charge in [-0.15, -0.1) is 0 Å². The summed E-state index contributed by atoms with van der Waals surface area (Å²) >= 11 is 0. The zero-order valence-corrected chi connectivity index (χ0v) is 19.3. The molecule has 1 aliphatic heterocycles. The van der Waals surface area contributed by atoms with Crippen molar-refractivity contribution in [2.24, 2.45) is 5.73 Å². The van der Waals surface area contributed by atoms with Gasteiger partial charge in [-0.3, -0.25) is 9.78 Å². The van der Waals surface area contributed by atoms with E-state index in [1.165, 1.54) is 0 Å². The van der Waals surface area contributed by atoms with Gasteiger partial charge < -0.3 is 30.7 Å². The van der Waals surface area contributed by atoms with Gasteiger partial charge in [0.05, 0.1) is 12.1 Å². The van der Waals surface area contributed by atoms with Gasteiger partial charge in [-0.2, -0.15) is 0 Å². The van der Waals surface area contributed by atoms with Gasteiger partial charge >= 0.3 is 6.03 Å². The molecule has 1 aromatic heterocycles. The lowest BCUT2D eigenvalue weighted by Crippen LogP contribution is -2.45. The standard InChI is InChI=1S/C25H31N5O4/c1-2-11-30(25(32)28-18-8-10-22-23(14-18)34-13-12-33-22)16-17-7-9-21(27-15-17)24(31)29-20-6-4-3-5-19(20)26/h3-5,7,9-10,14-15,18,20H,2,6,8,11-13,16,26H2,1H3,(H,28,32)(H,29,31). The summed E-state index contributed by atoms with van der Waals surface area (Å²) < 4.78 is 11.2. The second-order valence-electron chi connectivity index (χ2n) is 8.42. The fourth-order valence-corrected chi connectivity index (χ4v) is 3.99. The van der Waals surface area contributed by atoms with Gasteiger partial charge in [0.2, 0.25) is 0 Å². The highest BCUT2D eigenvalue weighted by molar-refractivity contribution is 5.92. The van der Waals surface area contributed by atoms with E-state index in [2.05, 4.69) is 15.6 Å². The monoisotopic (exact) mass is 465 g/mol. The summed E-state index contributed by atoms with van der Waals surface area (Å²) in [5.41, 5.74) is 7.72. The van der Waals surface area contributed by atoms with E-state index in [1.54, 1.807) is 23.2 Å². The summed E-state index contributed by atoms with van der Waals surface area (Å²) in [5.74, 6) is 1.15. The first-order valence-electron chi connectivity index (χ1n) is 11.6. The van der Waals surface area contributed by atoms with E-state index >= 15 is 0 Å². The Balaban J connectivity index is 1.34.